The lowest BCUT2D eigenvalue weighted by Crippen LogP contribution is -2.14. The molecule has 0 saturated heterocycles. The third-order valence-electron chi connectivity index (χ3n) is 2.58. The molecular formula is C13H16BrNO2. The first-order chi connectivity index (χ1) is 8.31. The molecule has 3 nitrogen and oxygen atoms in total. The molecule has 92 valence electrons. The summed E-state index contributed by atoms with van der Waals surface area (Å²) in [7, 11) is 0. The average molecular weight is 298 g/mol. The minimum Gasteiger partial charge on any atom is -0.454 e. The Morgan fingerprint density at radius 3 is 2.88 bits per heavy atom. The quantitative estimate of drug-likeness (QED) is 0.669. The number of rotatable bonds is 5. The summed E-state index contributed by atoms with van der Waals surface area (Å²) in [6, 6.07) is 3.99. The van der Waals surface area contributed by atoms with Crippen molar-refractivity contribution in [2.75, 3.05) is 13.3 Å². The van der Waals surface area contributed by atoms with Crippen LogP contribution in [0.1, 0.15) is 18.9 Å². The van der Waals surface area contributed by atoms with Gasteiger partial charge in [-0.1, -0.05) is 28.1 Å². The number of nitrogens with one attached hydrogen (secondary N) is 1. The van der Waals surface area contributed by atoms with E-state index in [0.29, 0.717) is 6.79 Å². The van der Waals surface area contributed by atoms with Crippen molar-refractivity contribution < 1.29 is 9.47 Å². The van der Waals surface area contributed by atoms with Crippen molar-refractivity contribution >= 4 is 15.9 Å². The summed E-state index contributed by atoms with van der Waals surface area (Å²) in [5.41, 5.74) is 1.19. The van der Waals surface area contributed by atoms with Crippen molar-refractivity contribution in [1.82, 2.24) is 5.32 Å². The van der Waals surface area contributed by atoms with E-state index >= 15 is 0 Å². The number of ether oxygens (including phenoxy) is 2. The van der Waals surface area contributed by atoms with Gasteiger partial charge in [0, 0.05) is 11.0 Å². The Bertz CT molecular complexity index is 418. The monoisotopic (exact) mass is 297 g/mol. The molecule has 0 saturated carbocycles. The number of allylic oxidation sites excluding steroid dienone is 1. The van der Waals surface area contributed by atoms with Crippen molar-refractivity contribution in [2.24, 2.45) is 0 Å². The molecule has 1 N–H and O–H groups in total. The highest BCUT2D eigenvalue weighted by molar-refractivity contribution is 9.10. The van der Waals surface area contributed by atoms with Crippen LogP contribution in [0.3, 0.4) is 0 Å². The molecule has 17 heavy (non-hydrogen) atoms. The Morgan fingerprint density at radius 2 is 2.12 bits per heavy atom. The fraction of sp³-hybridized carbons (Fsp3) is 0.385. The van der Waals surface area contributed by atoms with Gasteiger partial charge >= 0.3 is 0 Å². The van der Waals surface area contributed by atoms with E-state index in [1.807, 2.05) is 19.1 Å². The molecule has 2 rings (SSSR count). The Hall–Kier alpha value is -1.00. The summed E-state index contributed by atoms with van der Waals surface area (Å²) >= 11 is 3.54. The van der Waals surface area contributed by atoms with E-state index < -0.39 is 0 Å². The summed E-state index contributed by atoms with van der Waals surface area (Å²) < 4.78 is 11.7. The number of halogens is 1. The van der Waals surface area contributed by atoms with Gasteiger partial charge in [0.25, 0.3) is 0 Å². The molecule has 0 radical (unpaired) electrons. The zero-order valence-corrected chi connectivity index (χ0v) is 11.4. The number of fused-ring (bicyclic) bond motifs is 1. The fourth-order valence-electron chi connectivity index (χ4n) is 1.67. The maximum Gasteiger partial charge on any atom is 0.231 e. The van der Waals surface area contributed by atoms with Crippen molar-refractivity contribution in [2.45, 2.75) is 19.9 Å². The van der Waals surface area contributed by atoms with Crippen molar-refractivity contribution in [1.29, 1.82) is 0 Å². The van der Waals surface area contributed by atoms with Gasteiger partial charge in [-0.25, -0.2) is 0 Å². The first-order valence-electron chi connectivity index (χ1n) is 5.71. The predicted octanol–water partition coefficient (Wildman–Crippen LogP) is 3.23. The number of hydrogen-bond acceptors (Lipinski definition) is 3. The summed E-state index contributed by atoms with van der Waals surface area (Å²) in [5.74, 6) is 1.65. The molecule has 1 aromatic rings. The second-order valence-electron chi connectivity index (χ2n) is 3.83. The Morgan fingerprint density at radius 1 is 1.35 bits per heavy atom. The lowest BCUT2D eigenvalue weighted by Gasteiger charge is -2.07. The van der Waals surface area contributed by atoms with Crippen LogP contribution in [0.15, 0.2) is 28.8 Å². The molecule has 0 unspecified atom stereocenters. The van der Waals surface area contributed by atoms with E-state index in [-0.39, 0.29) is 0 Å². The van der Waals surface area contributed by atoms with Gasteiger partial charge in [0.05, 0.1) is 0 Å². The molecule has 1 aliphatic rings. The molecule has 1 aromatic carbocycles. The molecule has 1 heterocycles. The van der Waals surface area contributed by atoms with Gasteiger partial charge in [-0.05, 0) is 37.6 Å². The second kappa shape index (κ2) is 6.07. The lowest BCUT2D eigenvalue weighted by molar-refractivity contribution is 0.174. The van der Waals surface area contributed by atoms with Gasteiger partial charge in [-0.3, -0.25) is 0 Å². The van der Waals surface area contributed by atoms with Crippen LogP contribution in [0, 0.1) is 0 Å². The summed E-state index contributed by atoms with van der Waals surface area (Å²) in [5, 5.41) is 3.39. The molecule has 4 heteroatoms. The maximum absolute atomic E-state index is 5.36. The lowest BCUT2D eigenvalue weighted by atomic mass is 10.2. The van der Waals surface area contributed by atoms with Crippen LogP contribution in [-0.2, 0) is 6.54 Å². The van der Waals surface area contributed by atoms with Crippen LogP contribution in [0.4, 0.5) is 0 Å². The summed E-state index contributed by atoms with van der Waals surface area (Å²) in [6.45, 7) is 4.16. The highest BCUT2D eigenvalue weighted by atomic mass is 79.9. The summed E-state index contributed by atoms with van der Waals surface area (Å²) in [6.07, 6.45) is 5.28. The Labute approximate surface area is 110 Å². The van der Waals surface area contributed by atoms with Crippen molar-refractivity contribution in [3.05, 3.63) is 34.3 Å². The highest BCUT2D eigenvalue weighted by Crippen LogP contribution is 2.36. The number of hydrogen-bond donors (Lipinski definition) is 1. The van der Waals surface area contributed by atoms with Crippen molar-refractivity contribution in [3.8, 4) is 11.5 Å². The van der Waals surface area contributed by atoms with Crippen LogP contribution in [0.2, 0.25) is 0 Å². The fourth-order valence-corrected chi connectivity index (χ4v) is 2.13. The molecule has 0 fully saturated rings. The van der Waals surface area contributed by atoms with Crippen LogP contribution in [0.5, 0.6) is 11.5 Å². The van der Waals surface area contributed by atoms with E-state index in [9.17, 15) is 0 Å². The standard InChI is InChI=1S/C13H16BrNO2/c1-2-3-4-5-15-8-10-6-12-13(7-11(10)14)17-9-16-12/h2-3,6-7,15H,4-5,8-9H2,1H3/b3-2+. The molecule has 1 aliphatic heterocycles. The number of benzene rings is 1. The third kappa shape index (κ3) is 3.23. The normalized spacial score (nSPS) is 13.5. The van der Waals surface area contributed by atoms with Gasteiger partial charge in [-0.15, -0.1) is 0 Å². The molecule has 0 aliphatic carbocycles. The summed E-state index contributed by atoms with van der Waals surface area (Å²) in [4.78, 5) is 0. The average Bonchev–Trinajstić information content (AvgIpc) is 2.76. The van der Waals surface area contributed by atoms with Crippen LogP contribution in [-0.4, -0.2) is 13.3 Å². The Kier molecular flexibility index (Phi) is 4.45. The molecule has 0 atom stereocenters. The minimum atomic E-state index is 0.319. The second-order valence-corrected chi connectivity index (χ2v) is 4.69. The van der Waals surface area contributed by atoms with E-state index in [1.54, 1.807) is 0 Å². The third-order valence-corrected chi connectivity index (χ3v) is 3.32. The van der Waals surface area contributed by atoms with Crippen LogP contribution in [0.25, 0.3) is 0 Å². The van der Waals surface area contributed by atoms with Crippen molar-refractivity contribution in [3.63, 3.8) is 0 Å². The molecular weight excluding hydrogens is 282 g/mol. The van der Waals surface area contributed by atoms with E-state index in [4.69, 9.17) is 9.47 Å². The Balaban J connectivity index is 1.92. The van der Waals surface area contributed by atoms with E-state index in [0.717, 1.165) is 35.5 Å². The predicted molar refractivity (Wildman–Crippen MR) is 71.4 cm³/mol. The smallest absolute Gasteiger partial charge is 0.231 e. The zero-order chi connectivity index (χ0) is 12.1. The SMILES string of the molecule is C/C=C/CCNCc1cc2c(cc1Br)OCO2. The largest absolute Gasteiger partial charge is 0.454 e. The van der Waals surface area contributed by atoms with Gasteiger partial charge in [0.1, 0.15) is 0 Å². The minimum absolute atomic E-state index is 0.319. The molecule has 0 aromatic heterocycles. The van der Waals surface area contributed by atoms with Gasteiger partial charge in [0.15, 0.2) is 11.5 Å². The van der Waals surface area contributed by atoms with E-state index in [2.05, 4.69) is 33.4 Å². The van der Waals surface area contributed by atoms with E-state index in [1.165, 1.54) is 5.56 Å². The van der Waals surface area contributed by atoms with Gasteiger partial charge in [-0.2, -0.15) is 0 Å². The maximum atomic E-state index is 5.36. The van der Waals surface area contributed by atoms with Crippen LogP contribution >= 0.6 is 15.9 Å². The molecule has 0 amide bonds. The topological polar surface area (TPSA) is 30.5 Å². The highest BCUT2D eigenvalue weighted by Gasteiger charge is 2.15. The first kappa shape index (κ1) is 12.5. The zero-order valence-electron chi connectivity index (χ0n) is 9.83. The van der Waals surface area contributed by atoms with Crippen LogP contribution < -0.4 is 14.8 Å². The van der Waals surface area contributed by atoms with Gasteiger partial charge < -0.3 is 14.8 Å². The molecule has 0 bridgehead atoms. The first-order valence-corrected chi connectivity index (χ1v) is 6.50. The molecule has 0 spiro atoms. The van der Waals surface area contributed by atoms with Gasteiger partial charge in [0.2, 0.25) is 6.79 Å².